The van der Waals surface area contributed by atoms with Crippen LogP contribution in [0.1, 0.15) is 50.3 Å². The molecule has 3 aromatic rings. The number of hydrogen-bond acceptors (Lipinski definition) is 6. The molecule has 0 spiro atoms. The zero-order valence-electron chi connectivity index (χ0n) is 20.2. The lowest BCUT2D eigenvalue weighted by atomic mass is 10.0. The highest BCUT2D eigenvalue weighted by Gasteiger charge is 2.29. The second kappa shape index (κ2) is 10.5. The molecule has 7 nitrogen and oxygen atoms in total. The molecule has 0 aliphatic heterocycles. The molecule has 8 heteroatoms. The van der Waals surface area contributed by atoms with E-state index in [4.69, 9.17) is 9.15 Å². The van der Waals surface area contributed by atoms with Gasteiger partial charge < -0.3 is 9.15 Å². The van der Waals surface area contributed by atoms with Gasteiger partial charge in [-0.15, -0.1) is 0 Å². The van der Waals surface area contributed by atoms with Crippen molar-refractivity contribution >= 4 is 27.0 Å². The Bertz CT molecular complexity index is 1340. The molecule has 0 aliphatic rings. The second-order valence-electron chi connectivity index (χ2n) is 8.94. The summed E-state index contributed by atoms with van der Waals surface area (Å²) in [6, 6.07) is 10.2. The van der Waals surface area contributed by atoms with Gasteiger partial charge >= 0.3 is 11.6 Å². The molecular formula is C26H31NO6S. The third-order valence-electron chi connectivity index (χ3n) is 5.55. The van der Waals surface area contributed by atoms with E-state index in [-0.39, 0.29) is 23.0 Å². The fourth-order valence-electron chi connectivity index (χ4n) is 3.81. The van der Waals surface area contributed by atoms with Gasteiger partial charge in [0.15, 0.2) is 0 Å². The van der Waals surface area contributed by atoms with Crippen LogP contribution in [0.5, 0.6) is 5.75 Å². The number of rotatable bonds is 9. The smallest absolute Gasteiger partial charge is 0.336 e. The van der Waals surface area contributed by atoms with Crippen molar-refractivity contribution in [3.63, 3.8) is 0 Å². The van der Waals surface area contributed by atoms with Crippen molar-refractivity contribution in [1.29, 1.82) is 0 Å². The SMILES string of the molecule is CCCc1cc(=O)oc2c(C)c(OC(=O)[C@H](CC(C)C)NS(=O)(=O)c3ccc(C)cc3)ccc12. The Hall–Kier alpha value is -2.97. The van der Waals surface area contributed by atoms with Gasteiger partial charge in [-0.05, 0) is 62.4 Å². The Morgan fingerprint density at radius 2 is 1.76 bits per heavy atom. The van der Waals surface area contributed by atoms with Crippen LogP contribution in [0.25, 0.3) is 11.0 Å². The molecule has 0 unspecified atom stereocenters. The summed E-state index contributed by atoms with van der Waals surface area (Å²) in [6.07, 6.45) is 1.84. The molecule has 0 aliphatic carbocycles. The van der Waals surface area contributed by atoms with Crippen molar-refractivity contribution in [3.8, 4) is 5.75 Å². The minimum atomic E-state index is -3.93. The number of aryl methyl sites for hydroxylation is 3. The molecule has 1 N–H and O–H groups in total. The van der Waals surface area contributed by atoms with Crippen molar-refractivity contribution in [2.24, 2.45) is 5.92 Å². The van der Waals surface area contributed by atoms with Crippen molar-refractivity contribution in [2.75, 3.05) is 0 Å². The van der Waals surface area contributed by atoms with Crippen molar-refractivity contribution in [2.45, 2.75) is 64.8 Å². The maximum absolute atomic E-state index is 13.1. The molecule has 0 fully saturated rings. The van der Waals surface area contributed by atoms with Gasteiger partial charge in [0.05, 0.1) is 4.90 Å². The van der Waals surface area contributed by atoms with E-state index in [0.29, 0.717) is 11.1 Å². The minimum Gasteiger partial charge on any atom is -0.425 e. The van der Waals surface area contributed by atoms with Gasteiger partial charge in [0.1, 0.15) is 17.4 Å². The first-order chi connectivity index (χ1) is 16.0. The van der Waals surface area contributed by atoms with Gasteiger partial charge in [0.25, 0.3) is 0 Å². The van der Waals surface area contributed by atoms with Crippen LogP contribution in [0.4, 0.5) is 0 Å². The van der Waals surface area contributed by atoms with E-state index in [1.165, 1.54) is 18.2 Å². The number of benzene rings is 2. The van der Waals surface area contributed by atoms with Gasteiger partial charge in [-0.2, -0.15) is 4.72 Å². The lowest BCUT2D eigenvalue weighted by Crippen LogP contribution is -2.43. The molecule has 0 saturated carbocycles. The van der Waals surface area contributed by atoms with E-state index >= 15 is 0 Å². The highest BCUT2D eigenvalue weighted by molar-refractivity contribution is 7.89. The first-order valence-electron chi connectivity index (χ1n) is 11.4. The first kappa shape index (κ1) is 25.6. The van der Waals surface area contributed by atoms with Crippen molar-refractivity contribution in [3.05, 3.63) is 69.6 Å². The third-order valence-corrected chi connectivity index (χ3v) is 7.03. The average molecular weight is 486 g/mol. The summed E-state index contributed by atoms with van der Waals surface area (Å²) in [5.74, 6) is -0.470. The molecule has 0 radical (unpaired) electrons. The first-order valence-corrected chi connectivity index (χ1v) is 12.9. The summed E-state index contributed by atoms with van der Waals surface area (Å²) in [5, 5.41) is 0.789. The van der Waals surface area contributed by atoms with Crippen LogP contribution in [0.2, 0.25) is 0 Å². The average Bonchev–Trinajstić information content (AvgIpc) is 2.75. The van der Waals surface area contributed by atoms with E-state index in [1.54, 1.807) is 31.2 Å². The molecule has 0 amide bonds. The maximum Gasteiger partial charge on any atom is 0.336 e. The summed E-state index contributed by atoms with van der Waals surface area (Å²) in [7, 11) is -3.93. The predicted octanol–water partition coefficient (Wildman–Crippen LogP) is 4.66. The zero-order chi connectivity index (χ0) is 25.0. The molecule has 182 valence electrons. The lowest BCUT2D eigenvalue weighted by Gasteiger charge is -2.20. The highest BCUT2D eigenvalue weighted by Crippen LogP contribution is 2.29. The Balaban J connectivity index is 1.91. The van der Waals surface area contributed by atoms with Gasteiger partial charge in [-0.1, -0.05) is 44.9 Å². The van der Waals surface area contributed by atoms with E-state index in [2.05, 4.69) is 4.72 Å². The quantitative estimate of drug-likeness (QED) is 0.269. The molecule has 1 aromatic heterocycles. The van der Waals surface area contributed by atoms with Crippen LogP contribution >= 0.6 is 0 Å². The molecule has 2 aromatic carbocycles. The summed E-state index contributed by atoms with van der Waals surface area (Å²) in [5.41, 5.74) is 2.20. The summed E-state index contributed by atoms with van der Waals surface area (Å²) < 4.78 is 39.3. The van der Waals surface area contributed by atoms with Crippen LogP contribution in [-0.4, -0.2) is 20.4 Å². The number of ether oxygens (including phenoxy) is 1. The molecule has 0 saturated heterocycles. The molecule has 1 atom stereocenters. The second-order valence-corrected chi connectivity index (χ2v) is 10.7. The van der Waals surface area contributed by atoms with Crippen molar-refractivity contribution < 1.29 is 22.4 Å². The molecule has 1 heterocycles. The van der Waals surface area contributed by atoms with Gasteiger partial charge in [-0.25, -0.2) is 18.0 Å². The summed E-state index contributed by atoms with van der Waals surface area (Å²) in [6.45, 7) is 9.38. The third kappa shape index (κ3) is 5.93. The fourth-order valence-corrected chi connectivity index (χ4v) is 5.01. The Labute approximate surface area is 200 Å². The summed E-state index contributed by atoms with van der Waals surface area (Å²) in [4.78, 5) is 25.2. The lowest BCUT2D eigenvalue weighted by molar-refractivity contribution is -0.136. The maximum atomic E-state index is 13.1. The summed E-state index contributed by atoms with van der Waals surface area (Å²) >= 11 is 0. The largest absolute Gasteiger partial charge is 0.425 e. The minimum absolute atomic E-state index is 0.0330. The van der Waals surface area contributed by atoms with Crippen LogP contribution < -0.4 is 15.1 Å². The fraction of sp³-hybridized carbons (Fsp3) is 0.385. The number of hydrogen-bond donors (Lipinski definition) is 1. The number of carbonyl (C=O) groups is 1. The van der Waals surface area contributed by atoms with Crippen LogP contribution in [0.3, 0.4) is 0 Å². The molecule has 34 heavy (non-hydrogen) atoms. The molecular weight excluding hydrogens is 454 g/mol. The topological polar surface area (TPSA) is 103 Å². The van der Waals surface area contributed by atoms with Gasteiger partial charge in [0.2, 0.25) is 10.0 Å². The molecule has 0 bridgehead atoms. The molecule has 3 rings (SSSR count). The number of esters is 1. The Morgan fingerprint density at radius 1 is 1.09 bits per heavy atom. The van der Waals surface area contributed by atoms with Gasteiger partial charge in [0, 0.05) is 17.0 Å². The normalized spacial score (nSPS) is 12.8. The van der Waals surface area contributed by atoms with Gasteiger partial charge in [-0.3, -0.25) is 0 Å². The highest BCUT2D eigenvalue weighted by atomic mass is 32.2. The number of nitrogens with one attached hydrogen (secondary N) is 1. The predicted molar refractivity (Wildman–Crippen MR) is 132 cm³/mol. The van der Waals surface area contributed by atoms with Crippen molar-refractivity contribution in [1.82, 2.24) is 4.72 Å². The Morgan fingerprint density at radius 3 is 2.38 bits per heavy atom. The number of carbonyl (C=O) groups excluding carboxylic acids is 1. The van der Waals surface area contributed by atoms with E-state index < -0.39 is 27.7 Å². The zero-order valence-corrected chi connectivity index (χ0v) is 21.0. The van der Waals surface area contributed by atoms with Crippen LogP contribution in [-0.2, 0) is 21.2 Å². The van der Waals surface area contributed by atoms with E-state index in [1.807, 2.05) is 27.7 Å². The van der Waals surface area contributed by atoms with Crippen LogP contribution in [0.15, 0.2) is 56.6 Å². The van der Waals surface area contributed by atoms with Crippen LogP contribution in [0, 0.1) is 19.8 Å². The Kier molecular flexibility index (Phi) is 7.94. The van der Waals surface area contributed by atoms with E-state index in [0.717, 1.165) is 29.4 Å². The number of fused-ring (bicyclic) bond motifs is 1. The van der Waals surface area contributed by atoms with E-state index in [9.17, 15) is 18.0 Å². The standard InChI is InChI=1S/C26H31NO6S/c1-6-7-19-15-24(28)33-25-18(5)23(13-12-21(19)25)32-26(29)22(14-16(2)3)27-34(30,31)20-10-8-17(4)9-11-20/h8-13,15-16,22,27H,6-7,14H2,1-5H3/t22-/m0/s1. The number of sulfonamides is 1. The monoisotopic (exact) mass is 485 g/mol.